The fourth-order valence-corrected chi connectivity index (χ4v) is 4.58. The average molecular weight is 527 g/mol. The van der Waals surface area contributed by atoms with Crippen LogP contribution in [0.15, 0.2) is 66.7 Å². The summed E-state index contributed by atoms with van der Waals surface area (Å²) in [5.41, 5.74) is 0.122. The van der Waals surface area contributed by atoms with Crippen LogP contribution in [0.3, 0.4) is 0 Å². The maximum absolute atomic E-state index is 14.0. The molecule has 3 aromatic carbocycles. The van der Waals surface area contributed by atoms with Gasteiger partial charge in [-0.3, -0.25) is 0 Å². The number of halogens is 5. The van der Waals surface area contributed by atoms with Crippen molar-refractivity contribution in [2.45, 2.75) is 19.1 Å². The Morgan fingerprint density at radius 1 is 0.947 bits per heavy atom. The quantitative estimate of drug-likeness (QED) is 0.316. The number of hydrogen-bond donors (Lipinski definition) is 1. The summed E-state index contributed by atoms with van der Waals surface area (Å²) in [5.74, 6) is -1.01. The van der Waals surface area contributed by atoms with E-state index in [2.05, 4.69) is 15.5 Å². The van der Waals surface area contributed by atoms with Gasteiger partial charge in [0.1, 0.15) is 17.3 Å². The van der Waals surface area contributed by atoms with Crippen molar-refractivity contribution >= 4 is 28.3 Å². The highest BCUT2D eigenvalue weighted by molar-refractivity contribution is 6.00. The van der Waals surface area contributed by atoms with Crippen LogP contribution in [0.25, 0.3) is 22.0 Å². The SMILES string of the molecule is C[C@H]1CN(c2nnc(-c3ccc(C(F)(F)F)cc3)c3ccccc23)CCN1C(=O)Nc1ccc(F)cc1F. The second-order valence-corrected chi connectivity index (χ2v) is 9.04. The highest BCUT2D eigenvalue weighted by Gasteiger charge is 2.31. The third kappa shape index (κ3) is 4.96. The summed E-state index contributed by atoms with van der Waals surface area (Å²) in [4.78, 5) is 16.3. The van der Waals surface area contributed by atoms with Crippen molar-refractivity contribution in [2.24, 2.45) is 0 Å². The van der Waals surface area contributed by atoms with Crippen molar-refractivity contribution in [3.63, 3.8) is 0 Å². The van der Waals surface area contributed by atoms with Gasteiger partial charge in [-0.2, -0.15) is 13.2 Å². The molecule has 1 aliphatic rings. The smallest absolute Gasteiger partial charge is 0.351 e. The summed E-state index contributed by atoms with van der Waals surface area (Å²) in [6.07, 6.45) is -4.43. The number of rotatable bonds is 3. The molecule has 0 aliphatic carbocycles. The van der Waals surface area contributed by atoms with Gasteiger partial charge < -0.3 is 15.1 Å². The molecule has 1 N–H and O–H groups in total. The van der Waals surface area contributed by atoms with E-state index in [9.17, 15) is 26.7 Å². The number of piperazine rings is 1. The van der Waals surface area contributed by atoms with Crippen LogP contribution in [0.2, 0.25) is 0 Å². The average Bonchev–Trinajstić information content (AvgIpc) is 2.89. The molecule has 0 radical (unpaired) electrons. The van der Waals surface area contributed by atoms with Gasteiger partial charge in [0, 0.05) is 48.1 Å². The first-order valence-electron chi connectivity index (χ1n) is 11.8. The summed E-state index contributed by atoms with van der Waals surface area (Å²) in [5, 5.41) is 12.8. The van der Waals surface area contributed by atoms with Crippen LogP contribution < -0.4 is 10.2 Å². The van der Waals surface area contributed by atoms with E-state index in [1.807, 2.05) is 36.1 Å². The van der Waals surface area contributed by atoms with Gasteiger partial charge in [0.05, 0.1) is 11.3 Å². The first-order valence-corrected chi connectivity index (χ1v) is 11.8. The van der Waals surface area contributed by atoms with Gasteiger partial charge in [-0.1, -0.05) is 36.4 Å². The predicted molar refractivity (Wildman–Crippen MR) is 134 cm³/mol. The predicted octanol–water partition coefficient (Wildman–Crippen LogP) is 6.34. The lowest BCUT2D eigenvalue weighted by Gasteiger charge is -2.40. The number of anilines is 2. The standard InChI is InChI=1S/C27H22F5N5O/c1-16-15-36(12-13-37(16)26(38)33-23-11-10-19(28)14-22(23)29)25-21-5-3-2-4-20(21)24(34-35-25)17-6-8-18(9-7-17)27(30,31)32/h2-11,14,16H,12-13,15H2,1H3,(H,33,38)/t16-/m0/s1. The number of aromatic nitrogens is 2. The molecule has 1 fully saturated rings. The summed E-state index contributed by atoms with van der Waals surface area (Å²) >= 11 is 0. The molecule has 11 heteroatoms. The molecule has 1 atom stereocenters. The summed E-state index contributed by atoms with van der Waals surface area (Å²) in [6, 6.07) is 14.3. The molecule has 1 saturated heterocycles. The third-order valence-corrected chi connectivity index (χ3v) is 6.51. The van der Waals surface area contributed by atoms with E-state index >= 15 is 0 Å². The number of nitrogens with zero attached hydrogens (tertiary/aromatic N) is 4. The maximum atomic E-state index is 14.0. The summed E-state index contributed by atoms with van der Waals surface area (Å²) in [6.45, 7) is 2.99. The van der Waals surface area contributed by atoms with E-state index in [1.165, 1.54) is 18.2 Å². The molecule has 196 valence electrons. The van der Waals surface area contributed by atoms with Gasteiger partial charge >= 0.3 is 12.2 Å². The Hall–Kier alpha value is -4.28. The van der Waals surface area contributed by atoms with Crippen LogP contribution >= 0.6 is 0 Å². The van der Waals surface area contributed by atoms with Crippen LogP contribution in [-0.2, 0) is 6.18 Å². The van der Waals surface area contributed by atoms with E-state index in [0.29, 0.717) is 42.8 Å². The highest BCUT2D eigenvalue weighted by Crippen LogP contribution is 2.35. The first-order chi connectivity index (χ1) is 18.1. The van der Waals surface area contributed by atoms with E-state index in [0.717, 1.165) is 29.0 Å². The Kier molecular flexibility index (Phi) is 6.60. The van der Waals surface area contributed by atoms with Crippen LogP contribution in [0.1, 0.15) is 12.5 Å². The number of alkyl halides is 3. The van der Waals surface area contributed by atoms with Gasteiger partial charge in [-0.15, -0.1) is 10.2 Å². The molecule has 0 unspecified atom stereocenters. The van der Waals surface area contributed by atoms with Crippen LogP contribution in [0.4, 0.5) is 38.3 Å². The summed E-state index contributed by atoms with van der Waals surface area (Å²) < 4.78 is 66.1. The summed E-state index contributed by atoms with van der Waals surface area (Å²) in [7, 11) is 0. The van der Waals surface area contributed by atoms with Crippen molar-refractivity contribution in [2.75, 3.05) is 29.9 Å². The number of hydrogen-bond acceptors (Lipinski definition) is 4. The lowest BCUT2D eigenvalue weighted by atomic mass is 10.0. The Morgan fingerprint density at radius 2 is 1.66 bits per heavy atom. The second kappa shape index (κ2) is 9.88. The van der Waals surface area contributed by atoms with Crippen molar-refractivity contribution in [1.29, 1.82) is 0 Å². The molecule has 38 heavy (non-hydrogen) atoms. The Labute approximate surface area is 214 Å². The third-order valence-electron chi connectivity index (χ3n) is 6.51. The fraction of sp³-hybridized carbons (Fsp3) is 0.222. The molecule has 0 bridgehead atoms. The highest BCUT2D eigenvalue weighted by atomic mass is 19.4. The van der Waals surface area contributed by atoms with Crippen molar-refractivity contribution in [1.82, 2.24) is 15.1 Å². The second-order valence-electron chi connectivity index (χ2n) is 9.04. The van der Waals surface area contributed by atoms with E-state index in [1.54, 1.807) is 4.90 Å². The minimum absolute atomic E-state index is 0.109. The molecular formula is C27H22F5N5O. The monoisotopic (exact) mass is 527 g/mol. The zero-order chi connectivity index (χ0) is 27.0. The van der Waals surface area contributed by atoms with Gasteiger partial charge in [0.2, 0.25) is 0 Å². The molecule has 2 amide bonds. The van der Waals surface area contributed by atoms with Crippen molar-refractivity contribution in [3.05, 3.63) is 83.9 Å². The van der Waals surface area contributed by atoms with E-state index in [-0.39, 0.29) is 11.7 Å². The molecule has 6 nitrogen and oxygen atoms in total. The Balaban J connectivity index is 1.37. The molecule has 0 saturated carbocycles. The number of amides is 2. The molecule has 5 rings (SSSR count). The number of carbonyl (C=O) groups excluding carboxylic acids is 1. The Morgan fingerprint density at radius 3 is 2.32 bits per heavy atom. The van der Waals surface area contributed by atoms with Crippen LogP contribution in [-0.4, -0.2) is 46.8 Å². The van der Waals surface area contributed by atoms with E-state index in [4.69, 9.17) is 0 Å². The fourth-order valence-electron chi connectivity index (χ4n) is 4.58. The van der Waals surface area contributed by atoms with Gasteiger partial charge in [-0.25, -0.2) is 13.6 Å². The molecule has 4 aromatic rings. The normalized spacial score (nSPS) is 16.1. The van der Waals surface area contributed by atoms with Crippen LogP contribution in [0.5, 0.6) is 0 Å². The molecule has 1 aliphatic heterocycles. The lowest BCUT2D eigenvalue weighted by Crippen LogP contribution is -2.55. The first kappa shape index (κ1) is 25.4. The largest absolute Gasteiger partial charge is 0.416 e. The van der Waals surface area contributed by atoms with Crippen LogP contribution in [0, 0.1) is 11.6 Å². The minimum Gasteiger partial charge on any atom is -0.351 e. The van der Waals surface area contributed by atoms with Crippen molar-refractivity contribution in [3.8, 4) is 11.3 Å². The molecular weight excluding hydrogens is 505 g/mol. The Bertz CT molecular complexity index is 1490. The number of benzene rings is 3. The number of urea groups is 1. The van der Waals surface area contributed by atoms with Gasteiger partial charge in [0.25, 0.3) is 0 Å². The molecule has 0 spiro atoms. The molecule has 2 heterocycles. The number of fused-ring (bicyclic) bond motifs is 1. The zero-order valence-corrected chi connectivity index (χ0v) is 20.1. The zero-order valence-electron chi connectivity index (χ0n) is 20.1. The topological polar surface area (TPSA) is 61.4 Å². The van der Waals surface area contributed by atoms with E-state index < -0.39 is 29.4 Å². The number of carbonyl (C=O) groups is 1. The maximum Gasteiger partial charge on any atom is 0.416 e. The molecule has 1 aromatic heterocycles. The van der Waals surface area contributed by atoms with Gasteiger partial charge in [0.15, 0.2) is 5.82 Å². The number of nitrogens with one attached hydrogen (secondary N) is 1. The minimum atomic E-state index is -4.43. The lowest BCUT2D eigenvalue weighted by molar-refractivity contribution is -0.137. The van der Waals surface area contributed by atoms with Crippen molar-refractivity contribution < 1.29 is 26.7 Å². The van der Waals surface area contributed by atoms with Gasteiger partial charge in [-0.05, 0) is 31.2 Å².